The van der Waals surface area contributed by atoms with E-state index in [-0.39, 0.29) is 11.9 Å². The van der Waals surface area contributed by atoms with E-state index >= 15 is 0 Å². The Hall–Kier alpha value is -0.930. The molecule has 2 rings (SSSR count). The Kier molecular flexibility index (Phi) is 4.36. The Morgan fingerprint density at radius 1 is 1.44 bits per heavy atom. The maximum atomic E-state index is 13.5. The molecule has 1 aliphatic rings. The average molecular weight is 251 g/mol. The number of nitrogens with one attached hydrogen (secondary N) is 1. The van der Waals surface area contributed by atoms with E-state index in [1.54, 1.807) is 12.1 Å². The van der Waals surface area contributed by atoms with Crippen molar-refractivity contribution in [1.29, 1.82) is 0 Å². The first kappa shape index (κ1) is 13.5. The lowest BCUT2D eigenvalue weighted by Gasteiger charge is -2.24. The zero-order chi connectivity index (χ0) is 13.1. The zero-order valence-electron chi connectivity index (χ0n) is 11.4. The van der Waals surface area contributed by atoms with Crippen LogP contribution in [0.1, 0.15) is 37.4 Å². The molecule has 2 nitrogen and oxygen atoms in total. The third-order valence-electron chi connectivity index (χ3n) is 3.55. The highest BCUT2D eigenvalue weighted by Gasteiger charge is 2.30. The predicted octanol–water partition coefficient (Wildman–Crippen LogP) is 3.21. The van der Waals surface area contributed by atoms with E-state index in [0.29, 0.717) is 12.0 Å². The molecule has 1 aliphatic heterocycles. The van der Waals surface area contributed by atoms with Crippen LogP contribution in [0, 0.1) is 18.7 Å². The monoisotopic (exact) mass is 251 g/mol. The summed E-state index contributed by atoms with van der Waals surface area (Å²) in [5, 5.41) is 3.47. The van der Waals surface area contributed by atoms with Gasteiger partial charge in [-0.25, -0.2) is 4.39 Å². The molecule has 3 heteroatoms. The van der Waals surface area contributed by atoms with Crippen molar-refractivity contribution in [2.24, 2.45) is 5.92 Å². The summed E-state index contributed by atoms with van der Waals surface area (Å²) >= 11 is 0. The van der Waals surface area contributed by atoms with Gasteiger partial charge >= 0.3 is 0 Å². The van der Waals surface area contributed by atoms with Gasteiger partial charge in [-0.1, -0.05) is 13.0 Å². The van der Waals surface area contributed by atoms with E-state index in [0.717, 1.165) is 30.7 Å². The topological polar surface area (TPSA) is 21.3 Å². The van der Waals surface area contributed by atoms with Crippen molar-refractivity contribution < 1.29 is 9.13 Å². The van der Waals surface area contributed by atoms with Crippen LogP contribution in [0.5, 0.6) is 0 Å². The van der Waals surface area contributed by atoms with Crippen LogP contribution in [0.2, 0.25) is 0 Å². The fraction of sp³-hybridized carbons (Fsp3) is 0.600. The van der Waals surface area contributed by atoms with E-state index in [1.165, 1.54) is 0 Å². The Morgan fingerprint density at radius 2 is 2.22 bits per heavy atom. The highest BCUT2D eigenvalue weighted by Crippen LogP contribution is 2.32. The fourth-order valence-electron chi connectivity index (χ4n) is 2.80. The summed E-state index contributed by atoms with van der Waals surface area (Å²) < 4.78 is 19.2. The van der Waals surface area contributed by atoms with E-state index in [4.69, 9.17) is 4.74 Å². The molecular formula is C15H22FNO. The molecule has 1 heterocycles. The number of hydrogen-bond acceptors (Lipinski definition) is 2. The number of benzene rings is 1. The summed E-state index contributed by atoms with van der Waals surface area (Å²) in [7, 11) is 0. The summed E-state index contributed by atoms with van der Waals surface area (Å²) in [5.74, 6) is 0.279. The molecule has 100 valence electrons. The Bertz CT molecular complexity index is 387. The minimum absolute atomic E-state index is 0.153. The molecule has 0 saturated carbocycles. The lowest BCUT2D eigenvalue weighted by Crippen LogP contribution is -2.28. The summed E-state index contributed by atoms with van der Waals surface area (Å²) in [6, 6.07) is 5.47. The lowest BCUT2D eigenvalue weighted by atomic mass is 9.90. The van der Waals surface area contributed by atoms with E-state index in [9.17, 15) is 4.39 Å². The number of hydrogen-bond donors (Lipinski definition) is 1. The largest absolute Gasteiger partial charge is 0.378 e. The van der Waals surface area contributed by atoms with Gasteiger partial charge in [0.25, 0.3) is 0 Å². The van der Waals surface area contributed by atoms with Crippen molar-refractivity contribution >= 4 is 0 Å². The van der Waals surface area contributed by atoms with E-state index in [2.05, 4.69) is 25.2 Å². The van der Waals surface area contributed by atoms with Gasteiger partial charge < -0.3 is 10.1 Å². The molecule has 1 N–H and O–H groups in total. The Morgan fingerprint density at radius 3 is 2.78 bits per heavy atom. The van der Waals surface area contributed by atoms with Gasteiger partial charge in [-0.05, 0) is 50.1 Å². The second-order valence-corrected chi connectivity index (χ2v) is 5.24. The number of ether oxygens (including phenoxy) is 1. The van der Waals surface area contributed by atoms with Crippen LogP contribution in [0.25, 0.3) is 0 Å². The first-order valence-electron chi connectivity index (χ1n) is 6.72. The van der Waals surface area contributed by atoms with Crippen molar-refractivity contribution in [2.45, 2.75) is 39.3 Å². The van der Waals surface area contributed by atoms with Gasteiger partial charge in [0.05, 0.1) is 12.7 Å². The third kappa shape index (κ3) is 3.09. The second kappa shape index (κ2) is 5.81. The minimum Gasteiger partial charge on any atom is -0.378 e. The SMILES string of the molecule is CCNC(c1cc(C)cc(F)c1)C1COC(C)C1. The minimum atomic E-state index is -0.153. The Labute approximate surface area is 109 Å². The molecule has 3 atom stereocenters. The van der Waals surface area contributed by atoms with Crippen molar-refractivity contribution in [3.63, 3.8) is 0 Å². The lowest BCUT2D eigenvalue weighted by molar-refractivity contribution is 0.117. The van der Waals surface area contributed by atoms with Crippen LogP contribution < -0.4 is 5.32 Å². The molecular weight excluding hydrogens is 229 g/mol. The Balaban J connectivity index is 2.23. The molecule has 0 bridgehead atoms. The van der Waals surface area contributed by atoms with Crippen LogP contribution in [0.3, 0.4) is 0 Å². The van der Waals surface area contributed by atoms with Gasteiger partial charge in [0.15, 0.2) is 0 Å². The third-order valence-corrected chi connectivity index (χ3v) is 3.55. The van der Waals surface area contributed by atoms with Gasteiger partial charge in [0.1, 0.15) is 5.82 Å². The standard InChI is InChI=1S/C15H22FNO/c1-4-17-15(13-7-11(3)18-9-13)12-5-10(2)6-14(16)8-12/h5-6,8,11,13,15,17H,4,7,9H2,1-3H3. The van der Waals surface area contributed by atoms with Gasteiger partial charge in [-0.2, -0.15) is 0 Å². The first-order valence-corrected chi connectivity index (χ1v) is 6.72. The maximum absolute atomic E-state index is 13.5. The first-order chi connectivity index (χ1) is 8.60. The summed E-state index contributed by atoms with van der Waals surface area (Å²) in [6.45, 7) is 7.75. The summed E-state index contributed by atoms with van der Waals surface area (Å²) in [4.78, 5) is 0. The molecule has 1 saturated heterocycles. The predicted molar refractivity (Wildman–Crippen MR) is 71.1 cm³/mol. The van der Waals surface area contributed by atoms with Crippen molar-refractivity contribution in [3.8, 4) is 0 Å². The normalized spacial score (nSPS) is 25.3. The van der Waals surface area contributed by atoms with Crippen molar-refractivity contribution in [1.82, 2.24) is 5.32 Å². The highest BCUT2D eigenvalue weighted by molar-refractivity contribution is 5.27. The molecule has 1 aromatic rings. The van der Waals surface area contributed by atoms with E-state index < -0.39 is 0 Å². The van der Waals surface area contributed by atoms with Gasteiger partial charge in [-0.15, -0.1) is 0 Å². The smallest absolute Gasteiger partial charge is 0.123 e. The molecule has 1 fully saturated rings. The van der Waals surface area contributed by atoms with Crippen molar-refractivity contribution in [2.75, 3.05) is 13.2 Å². The number of aryl methyl sites for hydroxylation is 1. The number of rotatable bonds is 4. The van der Waals surface area contributed by atoms with Crippen LogP contribution in [0.15, 0.2) is 18.2 Å². The average Bonchev–Trinajstić information content (AvgIpc) is 2.71. The van der Waals surface area contributed by atoms with Crippen molar-refractivity contribution in [3.05, 3.63) is 35.1 Å². The maximum Gasteiger partial charge on any atom is 0.123 e. The molecule has 0 aliphatic carbocycles. The summed E-state index contributed by atoms with van der Waals surface area (Å²) in [5.41, 5.74) is 2.01. The van der Waals surface area contributed by atoms with Gasteiger partial charge in [0.2, 0.25) is 0 Å². The summed E-state index contributed by atoms with van der Waals surface area (Å²) in [6.07, 6.45) is 1.35. The molecule has 0 radical (unpaired) electrons. The molecule has 0 aromatic heterocycles. The quantitative estimate of drug-likeness (QED) is 0.887. The molecule has 0 spiro atoms. The molecule has 18 heavy (non-hydrogen) atoms. The zero-order valence-corrected chi connectivity index (χ0v) is 11.4. The van der Waals surface area contributed by atoms with Gasteiger partial charge in [-0.3, -0.25) is 0 Å². The van der Waals surface area contributed by atoms with E-state index in [1.807, 2.05) is 6.92 Å². The van der Waals surface area contributed by atoms with Gasteiger partial charge in [0, 0.05) is 12.0 Å². The van der Waals surface area contributed by atoms with Crippen LogP contribution in [-0.4, -0.2) is 19.3 Å². The van der Waals surface area contributed by atoms with Crippen LogP contribution in [-0.2, 0) is 4.74 Å². The van der Waals surface area contributed by atoms with Crippen LogP contribution >= 0.6 is 0 Å². The molecule has 0 amide bonds. The molecule has 1 aromatic carbocycles. The van der Waals surface area contributed by atoms with Crippen LogP contribution in [0.4, 0.5) is 4.39 Å². The number of halogens is 1. The highest BCUT2D eigenvalue weighted by atomic mass is 19.1. The molecule has 3 unspecified atom stereocenters. The second-order valence-electron chi connectivity index (χ2n) is 5.24. The fourth-order valence-corrected chi connectivity index (χ4v) is 2.80.